The number of carbonyl (C=O) groups excluding carboxylic acids is 1. The number of rotatable bonds is 15. The molecule has 0 spiro atoms. The molecular weight excluding hydrogens is 300 g/mol. The molecule has 0 aliphatic carbocycles. The summed E-state index contributed by atoms with van der Waals surface area (Å²) in [7, 11) is 0. The van der Waals surface area contributed by atoms with E-state index in [2.05, 4.69) is 17.2 Å². The van der Waals surface area contributed by atoms with E-state index >= 15 is 0 Å². The average Bonchev–Trinajstić information content (AvgIpc) is 2.55. The number of hydrogen-bond acceptors (Lipinski definition) is 6. The van der Waals surface area contributed by atoms with E-state index in [1.54, 1.807) is 0 Å². The number of ether oxygens (including phenoxy) is 4. The molecule has 0 saturated carbocycles. The van der Waals surface area contributed by atoms with E-state index in [4.69, 9.17) is 37.5 Å². The number of nitrogens with one attached hydrogen (secondary N) is 1. The standard InChI is InChI=1S/C16H26N2O5/c1-3-5-15(17)16(19)18-6-8-21-10-12-23-14-13-22-11-9-20-7-4-2/h1-2,15H,5-14,17H2,(H,18,19)/t15-/m0/s1. The number of terminal acetylenes is 2. The summed E-state index contributed by atoms with van der Waals surface area (Å²) in [6, 6.07) is -0.666. The molecular formula is C16H26N2O5. The second-order valence-corrected chi connectivity index (χ2v) is 4.40. The van der Waals surface area contributed by atoms with E-state index in [9.17, 15) is 4.79 Å². The minimum atomic E-state index is -0.666. The van der Waals surface area contributed by atoms with Gasteiger partial charge in [0.2, 0.25) is 5.91 Å². The maximum atomic E-state index is 11.4. The highest BCUT2D eigenvalue weighted by Crippen LogP contribution is 1.86. The molecule has 130 valence electrons. The van der Waals surface area contributed by atoms with Crippen LogP contribution in [0.1, 0.15) is 6.42 Å². The number of nitrogens with two attached hydrogens (primary N) is 1. The van der Waals surface area contributed by atoms with Crippen molar-refractivity contribution in [3.8, 4) is 24.7 Å². The molecule has 1 atom stereocenters. The van der Waals surface area contributed by atoms with Crippen LogP contribution in [-0.4, -0.2) is 71.3 Å². The van der Waals surface area contributed by atoms with Gasteiger partial charge in [0.1, 0.15) is 6.61 Å². The van der Waals surface area contributed by atoms with Crippen molar-refractivity contribution in [2.75, 3.05) is 59.4 Å². The Labute approximate surface area is 138 Å². The quantitative estimate of drug-likeness (QED) is 0.301. The number of hydrogen-bond donors (Lipinski definition) is 2. The molecule has 0 aliphatic heterocycles. The Morgan fingerprint density at radius 3 is 1.96 bits per heavy atom. The highest BCUT2D eigenvalue weighted by Gasteiger charge is 2.10. The van der Waals surface area contributed by atoms with Crippen molar-refractivity contribution in [1.29, 1.82) is 0 Å². The van der Waals surface area contributed by atoms with Gasteiger partial charge in [-0.2, -0.15) is 0 Å². The molecule has 7 nitrogen and oxygen atoms in total. The van der Waals surface area contributed by atoms with E-state index in [1.807, 2.05) is 0 Å². The van der Waals surface area contributed by atoms with Crippen LogP contribution >= 0.6 is 0 Å². The highest BCUT2D eigenvalue weighted by atomic mass is 16.6. The van der Waals surface area contributed by atoms with Gasteiger partial charge in [-0.25, -0.2) is 0 Å². The van der Waals surface area contributed by atoms with Gasteiger partial charge in [-0.3, -0.25) is 4.79 Å². The molecule has 3 N–H and O–H groups in total. The van der Waals surface area contributed by atoms with Crippen LogP contribution in [-0.2, 0) is 23.7 Å². The molecule has 0 aromatic heterocycles. The van der Waals surface area contributed by atoms with E-state index in [-0.39, 0.29) is 12.3 Å². The normalized spacial score (nSPS) is 11.4. The van der Waals surface area contributed by atoms with Gasteiger partial charge < -0.3 is 30.0 Å². The Kier molecular flexibility index (Phi) is 15.6. The zero-order chi connectivity index (χ0) is 17.2. The summed E-state index contributed by atoms with van der Waals surface area (Å²) in [4.78, 5) is 11.4. The fraction of sp³-hybridized carbons (Fsp3) is 0.688. The first kappa shape index (κ1) is 21.4. The van der Waals surface area contributed by atoms with Crippen LogP contribution in [0, 0.1) is 24.7 Å². The molecule has 0 saturated heterocycles. The van der Waals surface area contributed by atoms with Crippen LogP contribution in [0.25, 0.3) is 0 Å². The van der Waals surface area contributed by atoms with Crippen molar-refractivity contribution < 1.29 is 23.7 Å². The summed E-state index contributed by atoms with van der Waals surface area (Å²) in [6.07, 6.45) is 10.3. The maximum Gasteiger partial charge on any atom is 0.237 e. The van der Waals surface area contributed by atoms with E-state index in [0.29, 0.717) is 59.4 Å². The molecule has 1 amide bonds. The fourth-order valence-corrected chi connectivity index (χ4v) is 1.39. The Balaban J connectivity index is 3.18. The maximum absolute atomic E-state index is 11.4. The average molecular weight is 326 g/mol. The van der Waals surface area contributed by atoms with Crippen LogP contribution < -0.4 is 11.1 Å². The van der Waals surface area contributed by atoms with Gasteiger partial charge >= 0.3 is 0 Å². The smallest absolute Gasteiger partial charge is 0.237 e. The molecule has 0 heterocycles. The Morgan fingerprint density at radius 1 is 0.913 bits per heavy atom. The second kappa shape index (κ2) is 16.8. The van der Waals surface area contributed by atoms with E-state index in [0.717, 1.165) is 0 Å². The van der Waals surface area contributed by atoms with Crippen molar-refractivity contribution in [3.63, 3.8) is 0 Å². The zero-order valence-electron chi connectivity index (χ0n) is 13.4. The molecule has 0 unspecified atom stereocenters. The lowest BCUT2D eigenvalue weighted by Crippen LogP contribution is -2.41. The monoisotopic (exact) mass is 326 g/mol. The minimum Gasteiger partial charge on any atom is -0.377 e. The lowest BCUT2D eigenvalue weighted by Gasteiger charge is -2.10. The molecule has 0 rings (SSSR count). The van der Waals surface area contributed by atoms with Crippen LogP contribution in [0.3, 0.4) is 0 Å². The first-order chi connectivity index (χ1) is 11.2. The molecule has 0 radical (unpaired) electrons. The Morgan fingerprint density at radius 2 is 1.43 bits per heavy atom. The molecule has 0 aromatic rings. The summed E-state index contributed by atoms with van der Waals surface area (Å²) >= 11 is 0. The molecule has 0 fully saturated rings. The topological polar surface area (TPSA) is 92.0 Å². The van der Waals surface area contributed by atoms with E-state index < -0.39 is 6.04 Å². The molecule has 0 aliphatic rings. The van der Waals surface area contributed by atoms with Gasteiger partial charge in [0, 0.05) is 13.0 Å². The third-order valence-corrected chi connectivity index (χ3v) is 2.52. The number of carbonyl (C=O) groups is 1. The largest absolute Gasteiger partial charge is 0.377 e. The van der Waals surface area contributed by atoms with Crippen LogP contribution in [0.2, 0.25) is 0 Å². The van der Waals surface area contributed by atoms with Gasteiger partial charge in [0.05, 0.1) is 52.3 Å². The molecule has 0 bridgehead atoms. The molecule has 7 heteroatoms. The summed E-state index contributed by atoms with van der Waals surface area (Å²) in [5.41, 5.74) is 5.54. The van der Waals surface area contributed by atoms with Gasteiger partial charge in [0.15, 0.2) is 0 Å². The van der Waals surface area contributed by atoms with Gasteiger partial charge in [-0.15, -0.1) is 18.8 Å². The van der Waals surface area contributed by atoms with Gasteiger partial charge in [0.25, 0.3) is 0 Å². The third kappa shape index (κ3) is 15.1. The summed E-state index contributed by atoms with van der Waals surface area (Å²) in [5.74, 6) is 4.44. The van der Waals surface area contributed by atoms with Crippen molar-refractivity contribution in [2.45, 2.75) is 12.5 Å². The SMILES string of the molecule is C#CCOCCOCCOCCOCCNC(=O)[C@@H](N)CC#C. The van der Waals surface area contributed by atoms with Crippen LogP contribution in [0.5, 0.6) is 0 Å². The van der Waals surface area contributed by atoms with Crippen molar-refractivity contribution >= 4 is 5.91 Å². The van der Waals surface area contributed by atoms with Crippen molar-refractivity contribution in [3.05, 3.63) is 0 Å². The first-order valence-corrected chi connectivity index (χ1v) is 7.43. The van der Waals surface area contributed by atoms with Crippen LogP contribution in [0.15, 0.2) is 0 Å². The van der Waals surface area contributed by atoms with Crippen molar-refractivity contribution in [1.82, 2.24) is 5.32 Å². The summed E-state index contributed by atoms with van der Waals surface area (Å²) < 4.78 is 20.9. The predicted molar refractivity (Wildman–Crippen MR) is 86.5 cm³/mol. The fourth-order valence-electron chi connectivity index (χ4n) is 1.39. The summed E-state index contributed by atoms with van der Waals surface area (Å²) in [5, 5.41) is 2.64. The Hall–Kier alpha value is -1.61. The molecule has 0 aromatic carbocycles. The second-order valence-electron chi connectivity index (χ2n) is 4.40. The van der Waals surface area contributed by atoms with Crippen LogP contribution in [0.4, 0.5) is 0 Å². The summed E-state index contributed by atoms with van der Waals surface area (Å²) in [6.45, 7) is 3.91. The Bertz CT molecular complexity index is 376. The molecule has 23 heavy (non-hydrogen) atoms. The lowest BCUT2D eigenvalue weighted by atomic mass is 10.2. The third-order valence-electron chi connectivity index (χ3n) is 2.52. The predicted octanol–water partition coefficient (Wildman–Crippen LogP) is -0.847. The zero-order valence-corrected chi connectivity index (χ0v) is 13.4. The minimum absolute atomic E-state index is 0.221. The van der Waals surface area contributed by atoms with Crippen molar-refractivity contribution in [2.24, 2.45) is 5.73 Å². The van der Waals surface area contributed by atoms with Gasteiger partial charge in [-0.05, 0) is 0 Å². The van der Waals surface area contributed by atoms with E-state index in [1.165, 1.54) is 0 Å². The highest BCUT2D eigenvalue weighted by molar-refractivity contribution is 5.81. The number of amides is 1. The lowest BCUT2D eigenvalue weighted by molar-refractivity contribution is -0.122. The van der Waals surface area contributed by atoms with Gasteiger partial charge in [-0.1, -0.05) is 5.92 Å². The first-order valence-electron chi connectivity index (χ1n) is 7.43.